The minimum Gasteiger partial charge on any atom is -0.496 e. The van der Waals surface area contributed by atoms with Gasteiger partial charge in [0.15, 0.2) is 5.78 Å². The van der Waals surface area contributed by atoms with Gasteiger partial charge in [0.1, 0.15) is 11.5 Å². The van der Waals surface area contributed by atoms with E-state index in [1.54, 1.807) is 35.9 Å². The number of para-hydroxylation sites is 2. The molecule has 0 fully saturated rings. The lowest BCUT2D eigenvalue weighted by atomic mass is 10.1. The molecule has 0 unspecified atom stereocenters. The molecule has 4 rings (SSSR count). The lowest BCUT2D eigenvalue weighted by molar-refractivity contribution is -0.116. The summed E-state index contributed by atoms with van der Waals surface area (Å²) in [5.74, 6) is 0.911. The molecule has 0 aliphatic rings. The molecule has 2 aromatic heterocycles. The maximum atomic E-state index is 12.4. The normalized spacial score (nSPS) is 10.8. The Kier molecular flexibility index (Phi) is 5.94. The lowest BCUT2D eigenvalue weighted by Gasteiger charge is -2.07. The molecule has 31 heavy (non-hydrogen) atoms. The number of ketones is 1. The molecule has 0 aliphatic carbocycles. The van der Waals surface area contributed by atoms with Gasteiger partial charge in [-0.3, -0.25) is 14.9 Å². The quantitative estimate of drug-likeness (QED) is 0.418. The third kappa shape index (κ3) is 4.26. The lowest BCUT2D eigenvalue weighted by Crippen LogP contribution is -2.15. The Morgan fingerprint density at radius 1 is 1.00 bits per heavy atom. The molecule has 0 spiro atoms. The van der Waals surface area contributed by atoms with Crippen molar-refractivity contribution in [3.05, 3.63) is 59.5 Å². The highest BCUT2D eigenvalue weighted by Gasteiger charge is 2.17. The van der Waals surface area contributed by atoms with Gasteiger partial charge >= 0.3 is 0 Å². The largest absolute Gasteiger partial charge is 0.496 e. The maximum absolute atomic E-state index is 12.4. The summed E-state index contributed by atoms with van der Waals surface area (Å²) >= 11 is 1.41. The number of nitrogens with zero attached hydrogens (tertiary/aromatic N) is 3. The summed E-state index contributed by atoms with van der Waals surface area (Å²) in [7, 11) is 3.12. The van der Waals surface area contributed by atoms with Crippen molar-refractivity contribution in [1.82, 2.24) is 14.6 Å². The van der Waals surface area contributed by atoms with Crippen LogP contribution < -0.4 is 14.8 Å². The molecule has 4 aromatic rings. The van der Waals surface area contributed by atoms with Crippen LogP contribution in [0.1, 0.15) is 23.2 Å². The van der Waals surface area contributed by atoms with E-state index in [9.17, 15) is 9.59 Å². The number of fused-ring (bicyclic) bond motifs is 1. The van der Waals surface area contributed by atoms with Crippen LogP contribution in [0.3, 0.4) is 0 Å². The van der Waals surface area contributed by atoms with E-state index in [0.29, 0.717) is 16.3 Å². The van der Waals surface area contributed by atoms with Crippen molar-refractivity contribution >= 4 is 33.9 Å². The van der Waals surface area contributed by atoms with Crippen LogP contribution in [0.25, 0.3) is 16.2 Å². The number of amides is 1. The predicted molar refractivity (Wildman–Crippen MR) is 118 cm³/mol. The van der Waals surface area contributed by atoms with E-state index < -0.39 is 0 Å². The second-order valence-corrected chi connectivity index (χ2v) is 7.46. The van der Waals surface area contributed by atoms with Gasteiger partial charge in [-0.1, -0.05) is 24.3 Å². The van der Waals surface area contributed by atoms with E-state index in [0.717, 1.165) is 17.0 Å². The van der Waals surface area contributed by atoms with Crippen molar-refractivity contribution in [3.63, 3.8) is 0 Å². The molecule has 2 aromatic carbocycles. The number of rotatable bonds is 8. The minimum absolute atomic E-state index is 0.0170. The van der Waals surface area contributed by atoms with E-state index in [-0.39, 0.29) is 30.5 Å². The van der Waals surface area contributed by atoms with Crippen LogP contribution in [0, 0.1) is 0 Å². The molecule has 8 nitrogen and oxygen atoms in total. The fourth-order valence-corrected chi connectivity index (χ4v) is 4.02. The molecule has 0 saturated heterocycles. The molecule has 1 N–H and O–H groups in total. The van der Waals surface area contributed by atoms with Crippen molar-refractivity contribution < 1.29 is 19.1 Å². The number of ether oxygens (including phenoxy) is 2. The van der Waals surface area contributed by atoms with Crippen LogP contribution in [0.2, 0.25) is 0 Å². The zero-order valence-electron chi connectivity index (χ0n) is 17.0. The number of thiazole rings is 1. The van der Waals surface area contributed by atoms with Gasteiger partial charge < -0.3 is 9.47 Å². The first-order valence-electron chi connectivity index (χ1n) is 9.54. The zero-order chi connectivity index (χ0) is 21.8. The van der Waals surface area contributed by atoms with Crippen LogP contribution in [0.4, 0.5) is 5.95 Å². The Bertz CT molecular complexity index is 1250. The topological polar surface area (TPSA) is 94.8 Å². The third-order valence-electron chi connectivity index (χ3n) is 4.70. The summed E-state index contributed by atoms with van der Waals surface area (Å²) in [6.07, 6.45) is 0.0734. The Morgan fingerprint density at radius 3 is 2.48 bits per heavy atom. The van der Waals surface area contributed by atoms with Crippen molar-refractivity contribution in [1.29, 1.82) is 0 Å². The van der Waals surface area contributed by atoms with Crippen molar-refractivity contribution in [2.75, 3.05) is 19.5 Å². The summed E-state index contributed by atoms with van der Waals surface area (Å²) in [6.45, 7) is 0. The molecular formula is C22H20N4O4S. The number of hydrogen-bond acceptors (Lipinski definition) is 7. The number of Topliss-reactive ketones (excluding diaryl/α,β-unsaturated/α-hetero) is 1. The van der Waals surface area contributed by atoms with E-state index >= 15 is 0 Å². The van der Waals surface area contributed by atoms with Gasteiger partial charge in [0.05, 0.1) is 25.5 Å². The Hall–Kier alpha value is -3.72. The van der Waals surface area contributed by atoms with E-state index in [1.165, 1.54) is 18.4 Å². The average Bonchev–Trinajstić information content (AvgIpc) is 3.37. The van der Waals surface area contributed by atoms with E-state index in [4.69, 9.17) is 9.47 Å². The number of carbonyl (C=O) groups is 2. The summed E-state index contributed by atoms with van der Waals surface area (Å²) in [4.78, 5) is 29.8. The fourth-order valence-electron chi connectivity index (χ4n) is 3.20. The predicted octanol–water partition coefficient (Wildman–Crippen LogP) is 4.08. The highest BCUT2D eigenvalue weighted by atomic mass is 32.1. The number of nitrogens with one attached hydrogen (secondary N) is 1. The van der Waals surface area contributed by atoms with Crippen molar-refractivity contribution in [2.24, 2.45) is 0 Å². The number of anilines is 1. The van der Waals surface area contributed by atoms with Crippen molar-refractivity contribution in [3.8, 4) is 22.8 Å². The highest BCUT2D eigenvalue weighted by Crippen LogP contribution is 2.32. The van der Waals surface area contributed by atoms with E-state index in [2.05, 4.69) is 15.4 Å². The number of methoxy groups -OCH3 is 2. The molecule has 9 heteroatoms. The van der Waals surface area contributed by atoms with Gasteiger partial charge in [-0.15, -0.1) is 16.4 Å². The number of carbonyl (C=O) groups excluding carboxylic acids is 2. The minimum atomic E-state index is -0.333. The molecule has 0 radical (unpaired) electrons. The Labute approximate surface area is 182 Å². The van der Waals surface area contributed by atoms with Gasteiger partial charge in [0.25, 0.3) is 0 Å². The van der Waals surface area contributed by atoms with Crippen LogP contribution >= 0.6 is 11.3 Å². The fraction of sp³-hybridized carbons (Fsp3) is 0.182. The molecule has 0 saturated carbocycles. The van der Waals surface area contributed by atoms with Crippen molar-refractivity contribution in [2.45, 2.75) is 12.8 Å². The molecular weight excluding hydrogens is 416 g/mol. The standard InChI is InChI=1S/C22H20N4O4S/c1-29-18-9-5-3-7-14(18)16-13-31-22-24-21(25-26(16)22)23-20(28)12-11-17(27)15-8-4-6-10-19(15)30-2/h3-10,13H,11-12H2,1-2H3,(H,23,25,28). The second-order valence-electron chi connectivity index (χ2n) is 6.62. The Balaban J connectivity index is 1.45. The molecule has 2 heterocycles. The monoisotopic (exact) mass is 436 g/mol. The Morgan fingerprint density at radius 2 is 1.71 bits per heavy atom. The van der Waals surface area contributed by atoms with Crippen LogP contribution in [-0.4, -0.2) is 40.5 Å². The van der Waals surface area contributed by atoms with Crippen LogP contribution in [-0.2, 0) is 4.79 Å². The first-order valence-corrected chi connectivity index (χ1v) is 10.4. The average molecular weight is 436 g/mol. The smallest absolute Gasteiger partial charge is 0.250 e. The first kappa shape index (κ1) is 20.5. The molecule has 0 bridgehead atoms. The van der Waals surface area contributed by atoms with Crippen LogP contribution in [0.5, 0.6) is 11.5 Å². The summed E-state index contributed by atoms with van der Waals surface area (Å²) in [5, 5.41) is 9.01. The number of hydrogen-bond donors (Lipinski definition) is 1. The van der Waals surface area contributed by atoms with E-state index in [1.807, 2.05) is 29.6 Å². The number of benzene rings is 2. The van der Waals surface area contributed by atoms with Gasteiger partial charge in [-0.25, -0.2) is 4.52 Å². The molecule has 0 atom stereocenters. The number of aromatic nitrogens is 3. The van der Waals surface area contributed by atoms with Gasteiger partial charge in [-0.2, -0.15) is 4.98 Å². The van der Waals surface area contributed by atoms with Gasteiger partial charge in [-0.05, 0) is 24.3 Å². The summed E-state index contributed by atoms with van der Waals surface area (Å²) in [5.41, 5.74) is 2.15. The van der Waals surface area contributed by atoms with Crippen LogP contribution in [0.15, 0.2) is 53.9 Å². The summed E-state index contributed by atoms with van der Waals surface area (Å²) in [6, 6.07) is 14.6. The second kappa shape index (κ2) is 8.97. The first-order chi connectivity index (χ1) is 15.1. The van der Waals surface area contributed by atoms with Gasteiger partial charge in [0, 0.05) is 23.8 Å². The third-order valence-corrected chi connectivity index (χ3v) is 5.52. The SMILES string of the molecule is COc1ccccc1C(=O)CCC(=O)Nc1nc2scc(-c3ccccc3OC)n2n1. The molecule has 158 valence electrons. The maximum Gasteiger partial charge on any atom is 0.250 e. The zero-order valence-corrected chi connectivity index (χ0v) is 17.8. The van der Waals surface area contributed by atoms with Gasteiger partial charge in [0.2, 0.25) is 16.8 Å². The highest BCUT2D eigenvalue weighted by molar-refractivity contribution is 7.15. The molecule has 0 aliphatic heterocycles. The summed E-state index contributed by atoms with van der Waals surface area (Å²) < 4.78 is 12.3. The molecule has 1 amide bonds.